The fraction of sp³-hybridized carbons (Fsp3) is 0.200. The minimum Gasteiger partial charge on any atom is -0.481 e. The Labute approximate surface area is 180 Å². The monoisotopic (exact) mass is 481 g/mol. The van der Waals surface area contributed by atoms with Crippen molar-refractivity contribution in [3.05, 3.63) is 81.8 Å². The van der Waals surface area contributed by atoms with Gasteiger partial charge in [0.25, 0.3) is 0 Å². The van der Waals surface area contributed by atoms with Gasteiger partial charge in [-0.25, -0.2) is 4.39 Å². The number of thioether (sulfide) groups is 1. The molecule has 0 radical (unpaired) electrons. The molecule has 0 saturated heterocycles. The lowest BCUT2D eigenvalue weighted by atomic mass is 10.2. The van der Waals surface area contributed by atoms with E-state index in [4.69, 9.17) is 16.3 Å². The van der Waals surface area contributed by atoms with E-state index in [-0.39, 0.29) is 5.02 Å². The molecule has 0 saturated carbocycles. The summed E-state index contributed by atoms with van der Waals surface area (Å²) < 4.78 is 22.1. The molecule has 1 heterocycles. The summed E-state index contributed by atoms with van der Waals surface area (Å²) in [5, 5.41) is 9.60. The van der Waals surface area contributed by atoms with Crippen molar-refractivity contribution in [2.24, 2.45) is 0 Å². The number of nitrogens with zero attached hydrogens (tertiary/aromatic N) is 3. The summed E-state index contributed by atoms with van der Waals surface area (Å²) in [6.45, 7) is 6.22. The topological polar surface area (TPSA) is 39.9 Å². The summed E-state index contributed by atoms with van der Waals surface area (Å²) in [6.07, 6.45) is 1.36. The molecule has 0 aliphatic carbocycles. The van der Waals surface area contributed by atoms with Crippen molar-refractivity contribution in [1.29, 1.82) is 0 Å². The van der Waals surface area contributed by atoms with Crippen LogP contribution in [0.25, 0.3) is 0 Å². The maximum atomic E-state index is 13.2. The molecule has 0 aliphatic rings. The highest BCUT2D eigenvalue weighted by atomic mass is 79.9. The van der Waals surface area contributed by atoms with Crippen LogP contribution >= 0.6 is 39.3 Å². The van der Waals surface area contributed by atoms with E-state index in [2.05, 4.69) is 44.8 Å². The molecule has 1 atom stereocenters. The van der Waals surface area contributed by atoms with E-state index in [0.29, 0.717) is 18.1 Å². The molecule has 1 aromatic heterocycles. The Bertz CT molecular complexity index is 982. The normalized spacial score (nSPS) is 12.0. The van der Waals surface area contributed by atoms with Crippen LogP contribution < -0.4 is 4.74 Å². The summed E-state index contributed by atoms with van der Waals surface area (Å²) in [5.74, 6) is 1.39. The Morgan fingerprint density at radius 3 is 2.86 bits per heavy atom. The van der Waals surface area contributed by atoms with Gasteiger partial charge in [0, 0.05) is 16.8 Å². The predicted octanol–water partition coefficient (Wildman–Crippen LogP) is 6.45. The van der Waals surface area contributed by atoms with Crippen LogP contribution in [-0.4, -0.2) is 14.8 Å². The maximum absolute atomic E-state index is 13.2. The summed E-state index contributed by atoms with van der Waals surface area (Å²) in [4.78, 5) is 0. The van der Waals surface area contributed by atoms with E-state index in [1.807, 2.05) is 23.6 Å². The zero-order valence-electron chi connectivity index (χ0n) is 15.1. The van der Waals surface area contributed by atoms with Gasteiger partial charge in [-0.15, -0.1) is 16.8 Å². The van der Waals surface area contributed by atoms with Gasteiger partial charge < -0.3 is 4.74 Å². The lowest BCUT2D eigenvalue weighted by molar-refractivity contribution is 0.210. The number of ether oxygens (including phenoxy) is 1. The molecule has 3 rings (SSSR count). The molecular formula is C20H18BrClFN3OS. The Kier molecular flexibility index (Phi) is 7.15. The molecule has 2 aromatic carbocycles. The molecule has 0 N–H and O–H groups in total. The quantitative estimate of drug-likeness (QED) is 0.273. The molecule has 8 heteroatoms. The predicted molar refractivity (Wildman–Crippen MR) is 114 cm³/mol. The van der Waals surface area contributed by atoms with Crippen LogP contribution in [0.5, 0.6) is 5.75 Å². The minimum absolute atomic E-state index is 0.214. The molecule has 0 fully saturated rings. The molecule has 1 unspecified atom stereocenters. The van der Waals surface area contributed by atoms with Crippen LogP contribution in [0.4, 0.5) is 4.39 Å². The maximum Gasteiger partial charge on any atom is 0.191 e. The molecule has 0 aliphatic heterocycles. The number of hydrogen-bond acceptors (Lipinski definition) is 4. The fourth-order valence-electron chi connectivity index (χ4n) is 2.60. The number of rotatable bonds is 8. The molecule has 0 bridgehead atoms. The van der Waals surface area contributed by atoms with Gasteiger partial charge in [-0.2, -0.15) is 0 Å². The van der Waals surface area contributed by atoms with Gasteiger partial charge in [0.1, 0.15) is 11.6 Å². The van der Waals surface area contributed by atoms with Crippen LogP contribution in [0.2, 0.25) is 5.02 Å². The van der Waals surface area contributed by atoms with Crippen molar-refractivity contribution in [3.63, 3.8) is 0 Å². The third-order valence-electron chi connectivity index (χ3n) is 3.88. The highest BCUT2D eigenvalue weighted by Crippen LogP contribution is 2.31. The van der Waals surface area contributed by atoms with Crippen molar-refractivity contribution >= 4 is 39.3 Å². The molecular weight excluding hydrogens is 465 g/mol. The van der Waals surface area contributed by atoms with Crippen molar-refractivity contribution in [2.75, 3.05) is 0 Å². The average molecular weight is 483 g/mol. The second kappa shape index (κ2) is 9.58. The van der Waals surface area contributed by atoms with Gasteiger partial charge in [-0.05, 0) is 42.8 Å². The second-order valence-electron chi connectivity index (χ2n) is 5.99. The Balaban J connectivity index is 1.78. The lowest BCUT2D eigenvalue weighted by Crippen LogP contribution is -2.12. The first kappa shape index (κ1) is 20.9. The van der Waals surface area contributed by atoms with E-state index in [0.717, 1.165) is 15.4 Å². The molecule has 0 amide bonds. The second-order valence-corrected chi connectivity index (χ2v) is 8.26. The van der Waals surface area contributed by atoms with Crippen molar-refractivity contribution in [1.82, 2.24) is 14.8 Å². The van der Waals surface area contributed by atoms with Crippen molar-refractivity contribution in [2.45, 2.75) is 30.5 Å². The molecule has 3 aromatic rings. The van der Waals surface area contributed by atoms with E-state index in [1.165, 1.54) is 23.8 Å². The van der Waals surface area contributed by atoms with Crippen LogP contribution in [-0.2, 0) is 12.3 Å². The van der Waals surface area contributed by atoms with E-state index in [9.17, 15) is 4.39 Å². The highest BCUT2D eigenvalue weighted by Gasteiger charge is 2.20. The zero-order valence-corrected chi connectivity index (χ0v) is 18.3. The number of halogens is 3. The SMILES string of the molecule is C=CCn1c(SCc2cccc(Br)c2)nnc1C(C)Oc1ccc(F)cc1Cl. The lowest BCUT2D eigenvalue weighted by Gasteiger charge is -2.16. The van der Waals surface area contributed by atoms with Gasteiger partial charge in [0.05, 0.1) is 5.02 Å². The first-order valence-electron chi connectivity index (χ1n) is 8.51. The largest absolute Gasteiger partial charge is 0.481 e. The molecule has 146 valence electrons. The number of benzene rings is 2. The van der Waals surface area contributed by atoms with Crippen molar-refractivity contribution in [3.8, 4) is 5.75 Å². The third kappa shape index (κ3) is 5.16. The molecule has 0 spiro atoms. The Morgan fingerprint density at radius 1 is 1.32 bits per heavy atom. The van der Waals surface area contributed by atoms with Gasteiger partial charge >= 0.3 is 0 Å². The third-order valence-corrected chi connectivity index (χ3v) is 5.70. The van der Waals surface area contributed by atoms with Gasteiger partial charge in [-0.1, -0.05) is 57.5 Å². The minimum atomic E-state index is -0.421. The Morgan fingerprint density at radius 2 is 2.14 bits per heavy atom. The van der Waals surface area contributed by atoms with Crippen LogP contribution in [0.3, 0.4) is 0 Å². The Hall–Kier alpha value is -1.83. The first-order chi connectivity index (χ1) is 13.5. The average Bonchev–Trinajstić information content (AvgIpc) is 3.05. The van der Waals surface area contributed by atoms with Gasteiger partial charge in [-0.3, -0.25) is 4.57 Å². The van der Waals surface area contributed by atoms with Crippen LogP contribution in [0.1, 0.15) is 24.4 Å². The smallest absolute Gasteiger partial charge is 0.191 e. The first-order valence-corrected chi connectivity index (χ1v) is 10.7. The number of aromatic nitrogens is 3. The van der Waals surface area contributed by atoms with E-state index in [1.54, 1.807) is 17.8 Å². The van der Waals surface area contributed by atoms with E-state index < -0.39 is 11.9 Å². The summed E-state index contributed by atoms with van der Waals surface area (Å²) in [5.41, 5.74) is 1.18. The van der Waals surface area contributed by atoms with E-state index >= 15 is 0 Å². The van der Waals surface area contributed by atoms with Gasteiger partial charge in [0.2, 0.25) is 0 Å². The number of allylic oxidation sites excluding steroid dienone is 1. The molecule has 28 heavy (non-hydrogen) atoms. The summed E-state index contributed by atoms with van der Waals surface area (Å²) in [6, 6.07) is 12.2. The van der Waals surface area contributed by atoms with Gasteiger partial charge in [0.15, 0.2) is 17.1 Å². The molecule has 4 nitrogen and oxygen atoms in total. The zero-order chi connectivity index (χ0) is 20.1. The fourth-order valence-corrected chi connectivity index (χ4v) is 4.15. The summed E-state index contributed by atoms with van der Waals surface area (Å²) in [7, 11) is 0. The highest BCUT2D eigenvalue weighted by molar-refractivity contribution is 9.10. The number of hydrogen-bond donors (Lipinski definition) is 0. The standard InChI is InChI=1S/C20H18BrClFN3OS/c1-3-9-26-19(13(2)27-18-8-7-16(23)11-17(18)22)24-25-20(26)28-12-14-5-4-6-15(21)10-14/h3-8,10-11,13H,1,9,12H2,2H3. The van der Waals surface area contributed by atoms with Crippen molar-refractivity contribution < 1.29 is 9.13 Å². The van der Waals surface area contributed by atoms with Crippen LogP contribution in [0.15, 0.2) is 64.7 Å². The van der Waals surface area contributed by atoms with Crippen LogP contribution in [0, 0.1) is 5.82 Å². The summed E-state index contributed by atoms with van der Waals surface area (Å²) >= 11 is 11.1.